The fourth-order valence-corrected chi connectivity index (χ4v) is 1.66. The van der Waals surface area contributed by atoms with Crippen LogP contribution in [-0.2, 0) is 9.53 Å². The van der Waals surface area contributed by atoms with Crippen molar-refractivity contribution in [2.24, 2.45) is 0 Å². The molecule has 0 aliphatic carbocycles. The maximum absolute atomic E-state index is 11.2. The van der Waals surface area contributed by atoms with Gasteiger partial charge in [0.1, 0.15) is 0 Å². The van der Waals surface area contributed by atoms with Gasteiger partial charge in [0.15, 0.2) is 0 Å². The number of ether oxygens (including phenoxy) is 1. The molecule has 4 nitrogen and oxygen atoms in total. The molecule has 0 aliphatic heterocycles. The van der Waals surface area contributed by atoms with E-state index < -0.39 is 11.9 Å². The number of methoxy groups -OCH3 is 1. The van der Waals surface area contributed by atoms with Gasteiger partial charge in [-0.2, -0.15) is 0 Å². The van der Waals surface area contributed by atoms with Gasteiger partial charge in [-0.25, -0.2) is 0 Å². The Hall–Kier alpha value is -1.39. The van der Waals surface area contributed by atoms with Gasteiger partial charge in [-0.3, -0.25) is 4.79 Å². The van der Waals surface area contributed by atoms with Crippen molar-refractivity contribution < 1.29 is 14.6 Å². The summed E-state index contributed by atoms with van der Waals surface area (Å²) >= 11 is 0. The van der Waals surface area contributed by atoms with Crippen LogP contribution in [-0.4, -0.2) is 37.4 Å². The highest BCUT2D eigenvalue weighted by atomic mass is 16.5. The lowest BCUT2D eigenvalue weighted by atomic mass is 9.99. The lowest BCUT2D eigenvalue weighted by Gasteiger charge is -2.17. The Morgan fingerprint density at radius 1 is 1.41 bits per heavy atom. The summed E-state index contributed by atoms with van der Waals surface area (Å²) in [5.74, 6) is -1.33. The lowest BCUT2D eigenvalue weighted by Crippen LogP contribution is -2.35. The third-order valence-electron chi connectivity index (χ3n) is 2.59. The standard InChI is InChI=1S/C13H19NO3/c1-10(9-17-2)14-8-12(13(15)16)11-6-4-3-5-7-11/h3-7,10,12,14H,8-9H2,1-2H3,(H,15,16). The number of hydrogen-bond donors (Lipinski definition) is 2. The smallest absolute Gasteiger partial charge is 0.312 e. The molecule has 1 aromatic rings. The molecule has 4 heteroatoms. The highest BCUT2D eigenvalue weighted by Gasteiger charge is 2.19. The minimum atomic E-state index is -0.812. The van der Waals surface area contributed by atoms with E-state index in [9.17, 15) is 9.90 Å². The molecule has 2 unspecified atom stereocenters. The van der Waals surface area contributed by atoms with E-state index in [1.165, 1.54) is 0 Å². The second-order valence-electron chi connectivity index (χ2n) is 4.07. The predicted molar refractivity (Wildman–Crippen MR) is 66.2 cm³/mol. The molecule has 94 valence electrons. The lowest BCUT2D eigenvalue weighted by molar-refractivity contribution is -0.138. The summed E-state index contributed by atoms with van der Waals surface area (Å²) in [6, 6.07) is 9.39. The second kappa shape index (κ2) is 7.04. The average Bonchev–Trinajstić information content (AvgIpc) is 2.30. The molecule has 0 radical (unpaired) electrons. The third-order valence-corrected chi connectivity index (χ3v) is 2.59. The number of carbonyl (C=O) groups is 1. The Kier molecular flexibility index (Phi) is 5.66. The largest absolute Gasteiger partial charge is 0.481 e. The van der Waals surface area contributed by atoms with Gasteiger partial charge in [-0.1, -0.05) is 30.3 Å². The van der Waals surface area contributed by atoms with Crippen LogP contribution in [0.25, 0.3) is 0 Å². The Labute approximate surface area is 102 Å². The van der Waals surface area contributed by atoms with Gasteiger partial charge in [-0.05, 0) is 12.5 Å². The van der Waals surface area contributed by atoms with Crippen LogP contribution in [0.2, 0.25) is 0 Å². The van der Waals surface area contributed by atoms with E-state index in [0.717, 1.165) is 5.56 Å². The van der Waals surface area contributed by atoms with Gasteiger partial charge < -0.3 is 15.2 Å². The Balaban J connectivity index is 2.59. The molecule has 1 aromatic carbocycles. The molecule has 0 aliphatic rings. The summed E-state index contributed by atoms with van der Waals surface area (Å²) in [5, 5.41) is 12.4. The SMILES string of the molecule is COCC(C)NCC(C(=O)O)c1ccccc1. The molecule has 0 fully saturated rings. The molecule has 17 heavy (non-hydrogen) atoms. The normalized spacial score (nSPS) is 14.2. The molecule has 2 atom stereocenters. The van der Waals surface area contributed by atoms with Crippen molar-refractivity contribution in [1.29, 1.82) is 0 Å². The Morgan fingerprint density at radius 2 is 2.06 bits per heavy atom. The van der Waals surface area contributed by atoms with E-state index >= 15 is 0 Å². The van der Waals surface area contributed by atoms with Gasteiger partial charge in [0.05, 0.1) is 12.5 Å². The molecular weight excluding hydrogens is 218 g/mol. The van der Waals surface area contributed by atoms with E-state index in [2.05, 4.69) is 5.32 Å². The molecule has 0 aromatic heterocycles. The summed E-state index contributed by atoms with van der Waals surface area (Å²) in [4.78, 5) is 11.2. The van der Waals surface area contributed by atoms with Crippen LogP contribution in [0.1, 0.15) is 18.4 Å². The summed E-state index contributed by atoms with van der Waals surface area (Å²) < 4.78 is 4.99. The number of hydrogen-bond acceptors (Lipinski definition) is 3. The predicted octanol–water partition coefficient (Wildman–Crippen LogP) is 1.48. The topological polar surface area (TPSA) is 58.6 Å². The van der Waals surface area contributed by atoms with Crippen molar-refractivity contribution >= 4 is 5.97 Å². The first-order valence-electron chi connectivity index (χ1n) is 5.65. The maximum atomic E-state index is 11.2. The quantitative estimate of drug-likeness (QED) is 0.754. The van der Waals surface area contributed by atoms with Crippen LogP contribution in [0, 0.1) is 0 Å². The Bertz CT molecular complexity index is 340. The molecule has 0 spiro atoms. The fourth-order valence-electron chi connectivity index (χ4n) is 1.66. The van der Waals surface area contributed by atoms with Crippen molar-refractivity contribution in [3.8, 4) is 0 Å². The highest BCUT2D eigenvalue weighted by molar-refractivity contribution is 5.76. The van der Waals surface area contributed by atoms with E-state index in [1.807, 2.05) is 37.3 Å². The second-order valence-corrected chi connectivity index (χ2v) is 4.07. The van der Waals surface area contributed by atoms with Crippen LogP contribution < -0.4 is 5.32 Å². The fraction of sp³-hybridized carbons (Fsp3) is 0.462. The van der Waals surface area contributed by atoms with Crippen LogP contribution >= 0.6 is 0 Å². The number of carboxylic acid groups (broad SMARTS) is 1. The average molecular weight is 237 g/mol. The summed E-state index contributed by atoms with van der Waals surface area (Å²) in [5.41, 5.74) is 0.817. The maximum Gasteiger partial charge on any atom is 0.312 e. The van der Waals surface area contributed by atoms with Gasteiger partial charge in [-0.15, -0.1) is 0 Å². The Morgan fingerprint density at radius 3 is 2.59 bits per heavy atom. The van der Waals surface area contributed by atoms with Crippen molar-refractivity contribution in [1.82, 2.24) is 5.32 Å². The van der Waals surface area contributed by atoms with Crippen LogP contribution in [0.3, 0.4) is 0 Å². The molecule has 1 rings (SSSR count). The minimum absolute atomic E-state index is 0.144. The van der Waals surface area contributed by atoms with Crippen molar-refractivity contribution in [3.63, 3.8) is 0 Å². The summed E-state index contributed by atoms with van der Waals surface area (Å²) in [7, 11) is 1.63. The van der Waals surface area contributed by atoms with E-state index in [1.54, 1.807) is 7.11 Å². The first kappa shape index (κ1) is 13.7. The summed E-state index contributed by atoms with van der Waals surface area (Å²) in [6.45, 7) is 2.94. The molecule has 0 bridgehead atoms. The van der Waals surface area contributed by atoms with Gasteiger partial charge in [0.2, 0.25) is 0 Å². The van der Waals surface area contributed by atoms with Gasteiger partial charge >= 0.3 is 5.97 Å². The number of rotatable bonds is 7. The van der Waals surface area contributed by atoms with Crippen LogP contribution in [0.15, 0.2) is 30.3 Å². The van der Waals surface area contributed by atoms with E-state index in [-0.39, 0.29) is 6.04 Å². The first-order valence-corrected chi connectivity index (χ1v) is 5.65. The number of aliphatic carboxylic acids is 1. The minimum Gasteiger partial charge on any atom is -0.481 e. The van der Waals surface area contributed by atoms with Crippen LogP contribution in [0.4, 0.5) is 0 Å². The molecule has 2 N–H and O–H groups in total. The van der Waals surface area contributed by atoms with Crippen LogP contribution in [0.5, 0.6) is 0 Å². The zero-order valence-corrected chi connectivity index (χ0v) is 10.2. The van der Waals surface area contributed by atoms with Gasteiger partial charge in [0.25, 0.3) is 0 Å². The highest BCUT2D eigenvalue weighted by Crippen LogP contribution is 2.14. The molecular formula is C13H19NO3. The molecule has 0 amide bonds. The van der Waals surface area contributed by atoms with Gasteiger partial charge in [0, 0.05) is 19.7 Å². The van der Waals surface area contributed by atoms with E-state index in [4.69, 9.17) is 4.74 Å². The monoisotopic (exact) mass is 237 g/mol. The first-order chi connectivity index (χ1) is 8.15. The molecule has 0 heterocycles. The van der Waals surface area contributed by atoms with Crippen molar-refractivity contribution in [2.45, 2.75) is 18.9 Å². The molecule has 0 saturated heterocycles. The van der Waals surface area contributed by atoms with Crippen molar-refractivity contribution in [2.75, 3.05) is 20.3 Å². The number of carboxylic acids is 1. The number of benzene rings is 1. The zero-order valence-electron chi connectivity index (χ0n) is 10.2. The molecule has 0 saturated carbocycles. The van der Waals surface area contributed by atoms with E-state index in [0.29, 0.717) is 13.2 Å². The zero-order chi connectivity index (χ0) is 12.7. The van der Waals surface area contributed by atoms with Crippen molar-refractivity contribution in [3.05, 3.63) is 35.9 Å². The number of nitrogens with one attached hydrogen (secondary N) is 1. The third kappa shape index (κ3) is 4.54. The summed E-state index contributed by atoms with van der Waals surface area (Å²) in [6.07, 6.45) is 0.